The van der Waals surface area contributed by atoms with Crippen LogP contribution in [0.15, 0.2) is 53.4 Å². The average Bonchev–Trinajstić information content (AvgIpc) is 2.95. The number of hydrogen-bond acceptors (Lipinski definition) is 6. The lowest BCUT2D eigenvalue weighted by molar-refractivity contribution is -0.113. The van der Waals surface area contributed by atoms with Crippen molar-refractivity contribution < 1.29 is 19.1 Å². The third kappa shape index (κ3) is 4.20. The van der Waals surface area contributed by atoms with Gasteiger partial charge in [-0.15, -0.1) is 0 Å². The summed E-state index contributed by atoms with van der Waals surface area (Å²) in [5.41, 5.74) is 1.76. The number of carbonyl (C=O) groups excluding carboxylic acids is 2. The van der Waals surface area contributed by atoms with Crippen LogP contribution in [0.3, 0.4) is 0 Å². The number of hydrogen-bond donors (Lipinski definition) is 0. The summed E-state index contributed by atoms with van der Waals surface area (Å²) in [7, 11) is 1.59. The van der Waals surface area contributed by atoms with Crippen LogP contribution in [0.1, 0.15) is 22.8 Å². The lowest BCUT2D eigenvalue weighted by atomic mass is 10.1. The number of esters is 1. The van der Waals surface area contributed by atoms with E-state index < -0.39 is 5.97 Å². The average molecular weight is 399 g/mol. The van der Waals surface area contributed by atoms with Crippen LogP contribution in [0.4, 0.5) is 5.69 Å². The summed E-state index contributed by atoms with van der Waals surface area (Å²) < 4.78 is 10.6. The van der Waals surface area contributed by atoms with Gasteiger partial charge in [0.1, 0.15) is 5.75 Å². The van der Waals surface area contributed by atoms with E-state index in [1.807, 2.05) is 24.3 Å². The molecular formula is C20H17NO4S2. The second-order valence-corrected chi connectivity index (χ2v) is 7.24. The molecule has 7 heteroatoms. The zero-order valence-electron chi connectivity index (χ0n) is 14.8. The highest BCUT2D eigenvalue weighted by Gasteiger charge is 2.33. The van der Waals surface area contributed by atoms with Gasteiger partial charge in [0.2, 0.25) is 0 Å². The molecular weight excluding hydrogens is 382 g/mol. The van der Waals surface area contributed by atoms with Gasteiger partial charge in [0.15, 0.2) is 4.32 Å². The number of nitrogens with zero attached hydrogens (tertiary/aromatic N) is 1. The van der Waals surface area contributed by atoms with Crippen molar-refractivity contribution in [2.45, 2.75) is 6.92 Å². The topological polar surface area (TPSA) is 55.8 Å². The van der Waals surface area contributed by atoms with Gasteiger partial charge in [0.25, 0.3) is 5.91 Å². The third-order valence-corrected chi connectivity index (χ3v) is 5.10. The molecule has 0 unspecified atom stereocenters. The van der Waals surface area contributed by atoms with E-state index in [0.717, 1.165) is 5.56 Å². The van der Waals surface area contributed by atoms with E-state index in [9.17, 15) is 9.59 Å². The minimum Gasteiger partial charge on any atom is -0.497 e. The molecule has 27 heavy (non-hydrogen) atoms. The Bertz CT molecular complexity index is 939. The maximum absolute atomic E-state index is 12.9. The van der Waals surface area contributed by atoms with Crippen LogP contribution in [0.5, 0.6) is 5.75 Å². The summed E-state index contributed by atoms with van der Waals surface area (Å²) in [5.74, 6) is 0.0481. The van der Waals surface area contributed by atoms with Crippen LogP contribution in [0.2, 0.25) is 0 Å². The Labute approximate surface area is 167 Å². The van der Waals surface area contributed by atoms with Gasteiger partial charge >= 0.3 is 5.97 Å². The number of ether oxygens (including phenoxy) is 2. The second-order valence-electron chi connectivity index (χ2n) is 5.56. The van der Waals surface area contributed by atoms with Gasteiger partial charge in [0, 0.05) is 0 Å². The molecule has 1 aliphatic heterocycles. The van der Waals surface area contributed by atoms with Crippen molar-refractivity contribution in [2.24, 2.45) is 0 Å². The molecule has 0 radical (unpaired) electrons. The monoisotopic (exact) mass is 399 g/mol. The third-order valence-electron chi connectivity index (χ3n) is 3.80. The second kappa shape index (κ2) is 8.37. The Morgan fingerprint density at radius 2 is 2.00 bits per heavy atom. The van der Waals surface area contributed by atoms with Gasteiger partial charge in [-0.3, -0.25) is 9.69 Å². The molecule has 1 fully saturated rings. The fraction of sp³-hybridized carbons (Fsp3) is 0.150. The molecule has 5 nitrogen and oxygen atoms in total. The maximum atomic E-state index is 12.9. The van der Waals surface area contributed by atoms with Crippen LogP contribution in [-0.4, -0.2) is 29.9 Å². The summed E-state index contributed by atoms with van der Waals surface area (Å²) in [4.78, 5) is 26.8. The molecule has 2 aromatic carbocycles. The van der Waals surface area contributed by atoms with E-state index in [4.69, 9.17) is 21.7 Å². The van der Waals surface area contributed by atoms with Crippen molar-refractivity contribution >= 4 is 51.9 Å². The van der Waals surface area contributed by atoms with Gasteiger partial charge in [-0.25, -0.2) is 4.79 Å². The lowest BCUT2D eigenvalue weighted by Gasteiger charge is -2.15. The van der Waals surface area contributed by atoms with Gasteiger partial charge in [-0.2, -0.15) is 0 Å². The minimum atomic E-state index is -0.434. The molecule has 0 bridgehead atoms. The molecule has 1 amide bonds. The molecule has 138 valence electrons. The van der Waals surface area contributed by atoms with Gasteiger partial charge in [0.05, 0.1) is 29.9 Å². The molecule has 2 aromatic rings. The Kier molecular flexibility index (Phi) is 5.93. The number of thiocarbonyl (C=S) groups is 1. The lowest BCUT2D eigenvalue weighted by Crippen LogP contribution is -2.27. The Morgan fingerprint density at radius 1 is 1.22 bits per heavy atom. The summed E-state index contributed by atoms with van der Waals surface area (Å²) in [6.07, 6.45) is 1.77. The first-order valence-electron chi connectivity index (χ1n) is 8.22. The number of amides is 1. The Balaban J connectivity index is 1.89. The zero-order valence-corrected chi connectivity index (χ0v) is 16.4. The molecule has 0 N–H and O–H groups in total. The highest BCUT2D eigenvalue weighted by atomic mass is 32.2. The van der Waals surface area contributed by atoms with E-state index in [1.54, 1.807) is 44.4 Å². The molecule has 0 aliphatic carbocycles. The van der Waals surface area contributed by atoms with Gasteiger partial charge in [-0.05, 0) is 48.9 Å². The largest absolute Gasteiger partial charge is 0.497 e. The van der Waals surface area contributed by atoms with Gasteiger partial charge in [-0.1, -0.05) is 42.2 Å². The molecule has 0 saturated carbocycles. The normalized spacial score (nSPS) is 15.3. The van der Waals surface area contributed by atoms with Crippen molar-refractivity contribution in [1.29, 1.82) is 0 Å². The fourth-order valence-corrected chi connectivity index (χ4v) is 3.86. The minimum absolute atomic E-state index is 0.228. The number of methoxy groups -OCH3 is 1. The summed E-state index contributed by atoms with van der Waals surface area (Å²) >= 11 is 6.61. The van der Waals surface area contributed by atoms with E-state index in [-0.39, 0.29) is 12.5 Å². The molecule has 1 aliphatic rings. The SMILES string of the molecule is CCOC(=O)c1cccc(N2C(=O)/C(=C\c3cccc(OC)c3)SC2=S)c1. The van der Waals surface area contributed by atoms with Crippen molar-refractivity contribution in [2.75, 3.05) is 18.6 Å². The van der Waals surface area contributed by atoms with Crippen LogP contribution >= 0.6 is 24.0 Å². The van der Waals surface area contributed by atoms with Crippen molar-refractivity contribution in [3.63, 3.8) is 0 Å². The predicted octanol–water partition coefficient (Wildman–Crippen LogP) is 4.28. The standard InChI is InChI=1S/C20H17NO4S2/c1-3-25-19(23)14-7-5-8-15(12-14)21-18(22)17(27-20(21)26)11-13-6-4-9-16(10-13)24-2/h4-12H,3H2,1-2H3/b17-11+. The fourth-order valence-electron chi connectivity index (χ4n) is 2.56. The number of rotatable bonds is 5. The highest BCUT2D eigenvalue weighted by molar-refractivity contribution is 8.27. The number of thioether (sulfide) groups is 1. The quantitative estimate of drug-likeness (QED) is 0.425. The van der Waals surface area contributed by atoms with Crippen LogP contribution in [-0.2, 0) is 9.53 Å². The summed E-state index contributed by atoms with van der Waals surface area (Å²) in [6, 6.07) is 14.1. The first-order chi connectivity index (χ1) is 13.0. The summed E-state index contributed by atoms with van der Waals surface area (Å²) in [5, 5.41) is 0. The first-order valence-corrected chi connectivity index (χ1v) is 9.45. The van der Waals surface area contributed by atoms with E-state index in [1.165, 1.54) is 16.7 Å². The number of anilines is 1. The molecule has 0 spiro atoms. The van der Waals surface area contributed by atoms with E-state index in [0.29, 0.717) is 26.2 Å². The van der Waals surface area contributed by atoms with Crippen LogP contribution in [0, 0.1) is 0 Å². The van der Waals surface area contributed by atoms with Gasteiger partial charge < -0.3 is 9.47 Å². The Hall–Kier alpha value is -2.64. The Morgan fingerprint density at radius 3 is 2.74 bits per heavy atom. The molecule has 0 aromatic heterocycles. The smallest absolute Gasteiger partial charge is 0.338 e. The van der Waals surface area contributed by atoms with Crippen molar-refractivity contribution in [1.82, 2.24) is 0 Å². The maximum Gasteiger partial charge on any atom is 0.338 e. The summed E-state index contributed by atoms with van der Waals surface area (Å²) in [6.45, 7) is 2.03. The van der Waals surface area contributed by atoms with E-state index >= 15 is 0 Å². The zero-order chi connectivity index (χ0) is 19.4. The molecule has 1 saturated heterocycles. The number of benzene rings is 2. The van der Waals surface area contributed by atoms with Crippen molar-refractivity contribution in [3.05, 3.63) is 64.6 Å². The molecule has 0 atom stereocenters. The first kappa shape index (κ1) is 19.1. The highest BCUT2D eigenvalue weighted by Crippen LogP contribution is 2.36. The predicted molar refractivity (Wildman–Crippen MR) is 111 cm³/mol. The van der Waals surface area contributed by atoms with Crippen LogP contribution in [0.25, 0.3) is 6.08 Å². The number of carbonyl (C=O) groups is 2. The molecule has 3 rings (SSSR count). The van der Waals surface area contributed by atoms with Crippen LogP contribution < -0.4 is 9.64 Å². The van der Waals surface area contributed by atoms with E-state index in [2.05, 4.69) is 0 Å². The molecule has 1 heterocycles. The van der Waals surface area contributed by atoms with Crippen molar-refractivity contribution in [3.8, 4) is 5.75 Å².